The van der Waals surface area contributed by atoms with E-state index in [1.807, 2.05) is 14.0 Å². The number of guanidine groups is 1. The second kappa shape index (κ2) is 7.55. The highest BCUT2D eigenvalue weighted by Crippen LogP contribution is 2.40. The molecule has 0 aromatic heterocycles. The topological polar surface area (TPSA) is 57.2 Å². The first-order chi connectivity index (χ1) is 11.7. The minimum atomic E-state index is -0.216. The number of carbonyl (C=O) groups excluding carboxylic acids is 1. The summed E-state index contributed by atoms with van der Waals surface area (Å²) in [6, 6.07) is 11.1. The molecule has 1 aliphatic heterocycles. The second-order valence-corrected chi connectivity index (χ2v) is 6.22. The number of carbonyl (C=O) groups is 1. The van der Waals surface area contributed by atoms with E-state index in [0.717, 1.165) is 25.5 Å². The quantitative estimate of drug-likeness (QED) is 0.679. The van der Waals surface area contributed by atoms with Crippen molar-refractivity contribution < 1.29 is 9.53 Å². The molecule has 1 aliphatic carbocycles. The van der Waals surface area contributed by atoms with Gasteiger partial charge in [-0.1, -0.05) is 30.3 Å². The third-order valence-corrected chi connectivity index (χ3v) is 4.65. The average Bonchev–Trinajstić information content (AvgIpc) is 3.40. The number of hydrogen-bond acceptors (Lipinski definition) is 3. The molecule has 2 fully saturated rings. The first kappa shape index (κ1) is 16.6. The maximum atomic E-state index is 11.8. The van der Waals surface area contributed by atoms with Crippen LogP contribution in [0.25, 0.3) is 0 Å². The number of aliphatic imine (C=N–C) groups is 1. The lowest BCUT2D eigenvalue weighted by Gasteiger charge is -2.36. The molecule has 130 valence electrons. The number of piperazine rings is 1. The van der Waals surface area contributed by atoms with Crippen LogP contribution in [0.15, 0.2) is 35.3 Å². The highest BCUT2D eigenvalue weighted by Gasteiger charge is 2.39. The van der Waals surface area contributed by atoms with Gasteiger partial charge in [-0.15, -0.1) is 0 Å². The molecule has 1 saturated heterocycles. The summed E-state index contributed by atoms with van der Waals surface area (Å²) in [5.41, 5.74) is 1.39. The highest BCUT2D eigenvalue weighted by molar-refractivity contribution is 5.81. The van der Waals surface area contributed by atoms with Crippen LogP contribution in [-0.2, 0) is 4.74 Å². The molecule has 6 nitrogen and oxygen atoms in total. The molecule has 1 heterocycles. The van der Waals surface area contributed by atoms with Crippen LogP contribution in [0.3, 0.4) is 0 Å². The van der Waals surface area contributed by atoms with E-state index in [4.69, 9.17) is 4.74 Å². The molecule has 0 radical (unpaired) electrons. The van der Waals surface area contributed by atoms with Crippen molar-refractivity contribution in [2.45, 2.75) is 25.3 Å². The van der Waals surface area contributed by atoms with E-state index in [9.17, 15) is 4.79 Å². The lowest BCUT2D eigenvalue weighted by atomic mass is 10.1. The second-order valence-electron chi connectivity index (χ2n) is 6.22. The summed E-state index contributed by atoms with van der Waals surface area (Å²) in [5.74, 6) is 1.51. The molecule has 1 aromatic carbocycles. The van der Waals surface area contributed by atoms with E-state index in [2.05, 4.69) is 45.5 Å². The fourth-order valence-electron chi connectivity index (χ4n) is 3.20. The summed E-state index contributed by atoms with van der Waals surface area (Å²) in [4.78, 5) is 20.2. The Morgan fingerprint density at radius 1 is 1.21 bits per heavy atom. The number of rotatable bonds is 3. The monoisotopic (exact) mass is 330 g/mol. The van der Waals surface area contributed by atoms with Gasteiger partial charge in [0.15, 0.2) is 5.96 Å². The zero-order chi connectivity index (χ0) is 16.9. The van der Waals surface area contributed by atoms with Crippen LogP contribution in [0, 0.1) is 0 Å². The summed E-state index contributed by atoms with van der Waals surface area (Å²) < 4.78 is 5.06. The van der Waals surface area contributed by atoms with Gasteiger partial charge in [0.25, 0.3) is 0 Å². The fraction of sp³-hybridized carbons (Fsp3) is 0.556. The first-order valence-corrected chi connectivity index (χ1v) is 8.67. The zero-order valence-electron chi connectivity index (χ0n) is 14.4. The summed E-state index contributed by atoms with van der Waals surface area (Å²) in [7, 11) is 1.82. The van der Waals surface area contributed by atoms with Crippen LogP contribution in [0.1, 0.15) is 24.8 Å². The standard InChI is InChI=1S/C18H26N4O2/c1-3-24-18(23)22-11-9-21(10-12-22)17(19-2)20-16-13-15(16)14-7-5-4-6-8-14/h4-8,15-16H,3,9-13H2,1-2H3,(H,19,20). The Hall–Kier alpha value is -2.24. The summed E-state index contributed by atoms with van der Waals surface area (Å²) in [6.45, 7) is 5.16. The normalized spacial score (nSPS) is 23.8. The number of nitrogens with zero attached hydrogens (tertiary/aromatic N) is 3. The third-order valence-electron chi connectivity index (χ3n) is 4.65. The van der Waals surface area contributed by atoms with Gasteiger partial charge in [0, 0.05) is 45.2 Å². The van der Waals surface area contributed by atoms with Gasteiger partial charge in [-0.2, -0.15) is 0 Å². The van der Waals surface area contributed by atoms with Crippen LogP contribution in [0.4, 0.5) is 4.79 Å². The number of nitrogens with one attached hydrogen (secondary N) is 1. The predicted molar refractivity (Wildman–Crippen MR) is 94.3 cm³/mol. The van der Waals surface area contributed by atoms with Crippen molar-refractivity contribution in [3.05, 3.63) is 35.9 Å². The van der Waals surface area contributed by atoms with Crippen LogP contribution in [0.5, 0.6) is 0 Å². The van der Waals surface area contributed by atoms with Crippen molar-refractivity contribution in [1.29, 1.82) is 0 Å². The van der Waals surface area contributed by atoms with E-state index < -0.39 is 0 Å². The Labute approximate surface area is 143 Å². The largest absolute Gasteiger partial charge is 0.450 e. The number of benzene rings is 1. The Morgan fingerprint density at radius 2 is 1.88 bits per heavy atom. The van der Waals surface area contributed by atoms with Crippen LogP contribution >= 0.6 is 0 Å². The lowest BCUT2D eigenvalue weighted by Crippen LogP contribution is -2.54. The van der Waals surface area contributed by atoms with Crippen molar-refractivity contribution in [1.82, 2.24) is 15.1 Å². The maximum absolute atomic E-state index is 11.8. The molecule has 0 bridgehead atoms. The molecule has 24 heavy (non-hydrogen) atoms. The molecule has 1 amide bonds. The molecule has 2 atom stereocenters. The smallest absolute Gasteiger partial charge is 0.409 e. The van der Waals surface area contributed by atoms with Gasteiger partial charge in [0.05, 0.1) is 6.61 Å². The van der Waals surface area contributed by atoms with Gasteiger partial charge >= 0.3 is 6.09 Å². The molecule has 1 N–H and O–H groups in total. The minimum absolute atomic E-state index is 0.216. The van der Waals surface area contributed by atoms with Crippen molar-refractivity contribution in [3.8, 4) is 0 Å². The molecule has 6 heteroatoms. The van der Waals surface area contributed by atoms with Gasteiger partial charge in [-0.05, 0) is 18.9 Å². The Kier molecular flexibility index (Phi) is 5.23. The Bertz CT molecular complexity index is 582. The fourth-order valence-corrected chi connectivity index (χ4v) is 3.20. The SMILES string of the molecule is CCOC(=O)N1CCN(C(=NC)NC2CC2c2ccccc2)CC1. The van der Waals surface area contributed by atoms with Crippen molar-refractivity contribution in [3.63, 3.8) is 0 Å². The average molecular weight is 330 g/mol. The van der Waals surface area contributed by atoms with Crippen LogP contribution < -0.4 is 5.32 Å². The van der Waals surface area contributed by atoms with E-state index in [1.54, 1.807) is 4.90 Å². The van der Waals surface area contributed by atoms with Crippen molar-refractivity contribution in [2.75, 3.05) is 39.8 Å². The first-order valence-electron chi connectivity index (χ1n) is 8.67. The maximum Gasteiger partial charge on any atom is 0.409 e. The molecule has 1 saturated carbocycles. The summed E-state index contributed by atoms with van der Waals surface area (Å²) in [6.07, 6.45) is 0.928. The molecule has 2 unspecified atom stereocenters. The van der Waals surface area contributed by atoms with Crippen molar-refractivity contribution >= 4 is 12.1 Å². The molecule has 2 aliphatic rings. The minimum Gasteiger partial charge on any atom is -0.450 e. The van der Waals surface area contributed by atoms with E-state index in [1.165, 1.54) is 5.56 Å². The highest BCUT2D eigenvalue weighted by atomic mass is 16.6. The number of hydrogen-bond donors (Lipinski definition) is 1. The van der Waals surface area contributed by atoms with Crippen LogP contribution in [0.2, 0.25) is 0 Å². The molecular weight excluding hydrogens is 304 g/mol. The molecule has 0 spiro atoms. The van der Waals surface area contributed by atoms with Gasteiger partial charge in [-0.25, -0.2) is 4.79 Å². The van der Waals surface area contributed by atoms with Gasteiger partial charge in [0.1, 0.15) is 0 Å². The van der Waals surface area contributed by atoms with E-state index in [0.29, 0.717) is 31.7 Å². The van der Waals surface area contributed by atoms with Crippen LogP contribution in [-0.4, -0.2) is 67.7 Å². The lowest BCUT2D eigenvalue weighted by molar-refractivity contribution is 0.0914. The molecule has 3 rings (SSSR count). The van der Waals surface area contributed by atoms with Gasteiger partial charge < -0.3 is 19.9 Å². The van der Waals surface area contributed by atoms with Crippen molar-refractivity contribution in [2.24, 2.45) is 4.99 Å². The number of amides is 1. The summed E-state index contributed by atoms with van der Waals surface area (Å²) in [5, 5.41) is 3.57. The number of ether oxygens (including phenoxy) is 1. The third kappa shape index (κ3) is 3.80. The Balaban J connectivity index is 1.49. The van der Waals surface area contributed by atoms with E-state index >= 15 is 0 Å². The summed E-state index contributed by atoms with van der Waals surface area (Å²) >= 11 is 0. The molecular formula is C18H26N4O2. The van der Waals surface area contributed by atoms with Gasteiger partial charge in [0.2, 0.25) is 0 Å². The molecule has 1 aromatic rings. The zero-order valence-corrected chi connectivity index (χ0v) is 14.4. The Morgan fingerprint density at radius 3 is 2.50 bits per heavy atom. The van der Waals surface area contributed by atoms with Gasteiger partial charge in [-0.3, -0.25) is 4.99 Å². The predicted octanol–water partition coefficient (Wildman–Crippen LogP) is 1.89. The van der Waals surface area contributed by atoms with E-state index in [-0.39, 0.29) is 6.09 Å².